The quantitative estimate of drug-likeness (QED) is 0.155. The van der Waals surface area contributed by atoms with Gasteiger partial charge >= 0.3 is 0 Å². The van der Waals surface area contributed by atoms with E-state index in [1.165, 1.54) is 22.1 Å². The molecule has 0 unspecified atom stereocenters. The summed E-state index contributed by atoms with van der Waals surface area (Å²) >= 11 is 0. The van der Waals surface area contributed by atoms with Gasteiger partial charge in [-0.15, -0.1) is 0 Å². The Balaban J connectivity index is 1.91. The first-order chi connectivity index (χ1) is 16.2. The third-order valence-corrected chi connectivity index (χ3v) is 8.87. The number of hydrogen-bond acceptors (Lipinski definition) is 1. The standard InChI is InChI=1S/C30H29N2OSi/c1-19-13-14-23-24-15-16-25(31-3)28(21-11-9-8-10-12-21)30(24)33-29(23)27(19)26-18-22(34(5,6)7)17-20(2)32(26)4/h8-18H,1-2,4-7H3/q+1. The summed E-state index contributed by atoms with van der Waals surface area (Å²) in [6.45, 7) is 19.3. The Morgan fingerprint density at radius 1 is 0.824 bits per heavy atom. The van der Waals surface area contributed by atoms with Crippen molar-refractivity contribution in [3.05, 3.63) is 89.4 Å². The van der Waals surface area contributed by atoms with Crippen LogP contribution in [0.25, 0.3) is 49.2 Å². The monoisotopic (exact) mass is 461 g/mol. The maximum absolute atomic E-state index is 7.77. The van der Waals surface area contributed by atoms with E-state index >= 15 is 0 Å². The zero-order chi connectivity index (χ0) is 24.2. The van der Waals surface area contributed by atoms with Gasteiger partial charge in [0.15, 0.2) is 11.4 Å². The maximum atomic E-state index is 7.77. The van der Waals surface area contributed by atoms with E-state index < -0.39 is 8.07 Å². The highest BCUT2D eigenvalue weighted by Crippen LogP contribution is 2.44. The van der Waals surface area contributed by atoms with E-state index in [1.54, 1.807) is 0 Å². The molecule has 0 amide bonds. The zero-order valence-corrected chi connectivity index (χ0v) is 21.7. The van der Waals surface area contributed by atoms with E-state index in [1.807, 2.05) is 42.5 Å². The predicted octanol–water partition coefficient (Wildman–Crippen LogP) is 7.46. The van der Waals surface area contributed by atoms with E-state index in [9.17, 15) is 0 Å². The molecule has 3 nitrogen and oxygen atoms in total. The van der Waals surface area contributed by atoms with E-state index in [2.05, 4.69) is 74.2 Å². The topological polar surface area (TPSA) is 21.4 Å². The Morgan fingerprint density at radius 2 is 1.47 bits per heavy atom. The molecule has 0 N–H and O–H groups in total. The summed E-state index contributed by atoms with van der Waals surface area (Å²) in [7, 11) is 0.620. The maximum Gasteiger partial charge on any atom is 0.216 e. The van der Waals surface area contributed by atoms with E-state index in [0.717, 1.165) is 38.6 Å². The average molecular weight is 462 g/mol. The molecule has 0 saturated carbocycles. The summed E-state index contributed by atoms with van der Waals surface area (Å²) in [5.74, 6) is 0. The molecule has 168 valence electrons. The highest BCUT2D eigenvalue weighted by molar-refractivity contribution is 6.88. The lowest BCUT2D eigenvalue weighted by Gasteiger charge is -2.18. The Labute approximate surface area is 202 Å². The first kappa shape index (κ1) is 22.1. The summed E-state index contributed by atoms with van der Waals surface area (Å²) in [6.07, 6.45) is 0. The molecule has 0 bridgehead atoms. The largest absolute Gasteiger partial charge is 0.456 e. The van der Waals surface area contributed by atoms with Crippen molar-refractivity contribution in [2.75, 3.05) is 0 Å². The number of aromatic nitrogens is 1. The molecule has 0 aliphatic rings. The SMILES string of the molecule is [C-]#[N+]c1ccc2c(oc3c(-c4cc([Si](C)(C)C)cc(C)[n+]4C)c(C)ccc32)c1-c1ccccc1. The van der Waals surface area contributed by atoms with Gasteiger partial charge < -0.3 is 4.42 Å². The first-order valence-electron chi connectivity index (χ1n) is 11.6. The van der Waals surface area contributed by atoms with Gasteiger partial charge in [-0.05, 0) is 23.2 Å². The van der Waals surface area contributed by atoms with Crippen LogP contribution in [0.1, 0.15) is 11.3 Å². The van der Waals surface area contributed by atoms with Gasteiger partial charge in [0.2, 0.25) is 5.69 Å². The van der Waals surface area contributed by atoms with Crippen LogP contribution < -0.4 is 9.75 Å². The molecular weight excluding hydrogens is 432 g/mol. The second kappa shape index (κ2) is 7.97. The fourth-order valence-electron chi connectivity index (χ4n) is 4.76. The van der Waals surface area contributed by atoms with Crippen molar-refractivity contribution in [1.82, 2.24) is 0 Å². The smallest absolute Gasteiger partial charge is 0.216 e. The van der Waals surface area contributed by atoms with E-state index in [-0.39, 0.29) is 0 Å². The molecule has 5 aromatic rings. The number of pyridine rings is 1. The molecule has 2 aromatic heterocycles. The molecule has 2 heterocycles. The number of rotatable bonds is 3. The van der Waals surface area contributed by atoms with E-state index in [4.69, 9.17) is 11.0 Å². The summed E-state index contributed by atoms with van der Waals surface area (Å²) in [5, 5.41) is 3.56. The molecular formula is C30H29N2OSi+. The van der Waals surface area contributed by atoms with Gasteiger partial charge in [-0.3, -0.25) is 0 Å². The normalized spacial score (nSPS) is 11.8. The third-order valence-electron chi connectivity index (χ3n) is 6.85. The minimum absolute atomic E-state index is 0.609. The van der Waals surface area contributed by atoms with Crippen LogP contribution in [0, 0.1) is 20.4 Å². The minimum Gasteiger partial charge on any atom is -0.456 e. The number of fused-ring (bicyclic) bond motifs is 3. The average Bonchev–Trinajstić information content (AvgIpc) is 3.18. The van der Waals surface area contributed by atoms with Crippen molar-refractivity contribution in [2.24, 2.45) is 7.05 Å². The number of furan rings is 1. The summed E-state index contributed by atoms with van der Waals surface area (Å²) < 4.78 is 8.99. The molecule has 0 atom stereocenters. The molecule has 0 saturated heterocycles. The Hall–Kier alpha value is -3.68. The predicted molar refractivity (Wildman–Crippen MR) is 144 cm³/mol. The minimum atomic E-state index is -1.51. The number of benzene rings is 3. The molecule has 0 aliphatic heterocycles. The first-order valence-corrected chi connectivity index (χ1v) is 15.1. The van der Waals surface area contributed by atoms with Gasteiger partial charge in [0.05, 0.1) is 20.2 Å². The number of aryl methyl sites for hydroxylation is 2. The van der Waals surface area contributed by atoms with Crippen molar-refractivity contribution < 1.29 is 8.98 Å². The van der Waals surface area contributed by atoms with Crippen molar-refractivity contribution in [3.8, 4) is 22.4 Å². The van der Waals surface area contributed by atoms with Gasteiger partial charge in [0, 0.05) is 35.4 Å². The zero-order valence-electron chi connectivity index (χ0n) is 20.7. The van der Waals surface area contributed by atoms with Crippen LogP contribution in [0.15, 0.2) is 71.1 Å². The van der Waals surface area contributed by atoms with Crippen molar-refractivity contribution in [1.29, 1.82) is 0 Å². The molecule has 0 radical (unpaired) electrons. The van der Waals surface area contributed by atoms with E-state index in [0.29, 0.717) is 5.69 Å². The fourth-order valence-corrected chi connectivity index (χ4v) is 5.97. The lowest BCUT2D eigenvalue weighted by molar-refractivity contribution is -0.666. The Bertz CT molecular complexity index is 1620. The molecule has 0 fully saturated rings. The van der Waals surface area contributed by atoms with Gasteiger partial charge in [-0.25, -0.2) is 4.85 Å². The van der Waals surface area contributed by atoms with Gasteiger partial charge in [0.25, 0.3) is 0 Å². The van der Waals surface area contributed by atoms with Gasteiger partial charge in [-0.2, -0.15) is 4.57 Å². The van der Waals surface area contributed by atoms with Crippen LogP contribution in [0.4, 0.5) is 5.69 Å². The van der Waals surface area contributed by atoms with Crippen molar-refractivity contribution >= 4 is 40.9 Å². The third kappa shape index (κ3) is 3.45. The molecule has 0 aliphatic carbocycles. The molecule has 5 rings (SSSR count). The van der Waals surface area contributed by atoms with Gasteiger partial charge in [0.1, 0.15) is 18.2 Å². The highest BCUT2D eigenvalue weighted by Gasteiger charge is 2.27. The second-order valence-electron chi connectivity index (χ2n) is 10.1. The molecule has 4 heteroatoms. The van der Waals surface area contributed by atoms with Crippen LogP contribution in [0.2, 0.25) is 19.6 Å². The Morgan fingerprint density at radius 3 is 2.12 bits per heavy atom. The summed E-state index contributed by atoms with van der Waals surface area (Å²) in [5.41, 5.74) is 8.86. The summed E-state index contributed by atoms with van der Waals surface area (Å²) in [6, 6.07) is 23.1. The lowest BCUT2D eigenvalue weighted by atomic mass is 9.98. The van der Waals surface area contributed by atoms with Crippen LogP contribution in [0.5, 0.6) is 0 Å². The highest BCUT2D eigenvalue weighted by atomic mass is 28.3. The van der Waals surface area contributed by atoms with Crippen LogP contribution in [0.3, 0.4) is 0 Å². The second-order valence-corrected chi connectivity index (χ2v) is 15.2. The van der Waals surface area contributed by atoms with Crippen LogP contribution in [-0.4, -0.2) is 8.07 Å². The Kier molecular flexibility index (Phi) is 5.19. The van der Waals surface area contributed by atoms with Crippen LogP contribution >= 0.6 is 0 Å². The number of hydrogen-bond donors (Lipinski definition) is 0. The van der Waals surface area contributed by atoms with Crippen LogP contribution in [-0.2, 0) is 7.05 Å². The van der Waals surface area contributed by atoms with Gasteiger partial charge in [-0.1, -0.05) is 74.2 Å². The molecule has 3 aromatic carbocycles. The van der Waals surface area contributed by atoms with Crippen molar-refractivity contribution in [2.45, 2.75) is 33.5 Å². The molecule has 34 heavy (non-hydrogen) atoms. The fraction of sp³-hybridized carbons (Fsp3) is 0.200. The molecule has 0 spiro atoms. The van der Waals surface area contributed by atoms with Crippen molar-refractivity contribution in [3.63, 3.8) is 0 Å². The number of nitrogens with zero attached hydrogens (tertiary/aromatic N) is 2. The summed E-state index contributed by atoms with van der Waals surface area (Å²) in [4.78, 5) is 3.82. The lowest BCUT2D eigenvalue weighted by Crippen LogP contribution is -2.44.